The van der Waals surface area contributed by atoms with Gasteiger partial charge in [0.2, 0.25) is 0 Å². The summed E-state index contributed by atoms with van der Waals surface area (Å²) in [5, 5.41) is 0.767. The molecule has 0 aliphatic heterocycles. The van der Waals surface area contributed by atoms with Crippen molar-refractivity contribution in [2.24, 2.45) is 0 Å². The third-order valence-electron chi connectivity index (χ3n) is 1.79. The predicted octanol–water partition coefficient (Wildman–Crippen LogP) is 0.811. The average Bonchev–Trinajstić information content (AvgIpc) is 2.27. The molecule has 14 heavy (non-hydrogen) atoms. The molecular weight excluding hydrogens is 182 g/mol. The van der Waals surface area contributed by atoms with E-state index in [9.17, 15) is 4.79 Å². The van der Waals surface area contributed by atoms with Crippen LogP contribution in [0.15, 0.2) is 24.8 Å². The highest BCUT2D eigenvalue weighted by atomic mass is 16.5. The molecule has 0 radical (unpaired) electrons. The van der Waals surface area contributed by atoms with Crippen LogP contribution < -0.4 is 0 Å². The summed E-state index contributed by atoms with van der Waals surface area (Å²) in [7, 11) is 1.32. The molecule has 0 unspecified atom stereocenters. The van der Waals surface area contributed by atoms with E-state index in [1.807, 2.05) is 0 Å². The number of aromatic nitrogens is 3. The summed E-state index contributed by atoms with van der Waals surface area (Å²) in [6.07, 6.45) is 4.57. The number of carbonyl (C=O) groups is 1. The zero-order valence-corrected chi connectivity index (χ0v) is 7.47. The Bertz CT molecular complexity index is 484. The van der Waals surface area contributed by atoms with E-state index < -0.39 is 5.97 Å². The first kappa shape index (κ1) is 8.55. The van der Waals surface area contributed by atoms with Gasteiger partial charge in [-0.1, -0.05) is 0 Å². The maximum Gasteiger partial charge on any atom is 0.356 e. The van der Waals surface area contributed by atoms with Crippen LogP contribution in [0.5, 0.6) is 0 Å². The normalized spacial score (nSPS) is 10.1. The summed E-state index contributed by atoms with van der Waals surface area (Å²) in [6.45, 7) is 0. The van der Waals surface area contributed by atoms with Crippen molar-refractivity contribution in [3.05, 3.63) is 30.5 Å². The van der Waals surface area contributed by atoms with Gasteiger partial charge in [-0.15, -0.1) is 0 Å². The summed E-state index contributed by atoms with van der Waals surface area (Å²) in [5.41, 5.74) is 0.961. The molecule has 0 aliphatic rings. The minimum absolute atomic E-state index is 0.259. The van der Waals surface area contributed by atoms with Gasteiger partial charge in [-0.05, 0) is 6.07 Å². The van der Waals surface area contributed by atoms with Gasteiger partial charge in [0.05, 0.1) is 18.8 Å². The second-order valence-corrected chi connectivity index (χ2v) is 2.64. The first-order valence-corrected chi connectivity index (χ1v) is 3.95. The van der Waals surface area contributed by atoms with Crippen LogP contribution in [0.2, 0.25) is 0 Å². The summed E-state index contributed by atoms with van der Waals surface area (Å²) in [5.74, 6) is -0.462. The molecule has 0 bridgehead atoms. The number of esters is 1. The summed E-state index contributed by atoms with van der Waals surface area (Å²) >= 11 is 0. The Kier molecular flexibility index (Phi) is 2.06. The van der Waals surface area contributed by atoms with Gasteiger partial charge in [0.1, 0.15) is 12.0 Å². The quantitative estimate of drug-likeness (QED) is 0.621. The zero-order valence-electron chi connectivity index (χ0n) is 7.47. The average molecular weight is 189 g/mol. The molecule has 0 saturated heterocycles. The largest absolute Gasteiger partial charge is 0.464 e. The number of carbonyl (C=O) groups excluding carboxylic acids is 1. The molecule has 5 nitrogen and oxygen atoms in total. The van der Waals surface area contributed by atoms with Crippen LogP contribution in [0.1, 0.15) is 10.5 Å². The molecule has 5 heteroatoms. The highest BCUT2D eigenvalue weighted by molar-refractivity contribution is 5.91. The molecule has 0 amide bonds. The molecule has 0 spiro atoms. The van der Waals surface area contributed by atoms with E-state index in [2.05, 4.69) is 19.7 Å². The van der Waals surface area contributed by atoms with Crippen LogP contribution in [0.25, 0.3) is 10.9 Å². The van der Waals surface area contributed by atoms with E-state index in [0.717, 1.165) is 5.39 Å². The van der Waals surface area contributed by atoms with Crippen LogP contribution in [0, 0.1) is 0 Å². The maximum atomic E-state index is 11.1. The van der Waals surface area contributed by atoms with Gasteiger partial charge >= 0.3 is 5.97 Å². The molecule has 0 aromatic carbocycles. The molecular formula is C9H7N3O2. The van der Waals surface area contributed by atoms with Crippen molar-refractivity contribution in [3.8, 4) is 0 Å². The molecule has 0 atom stereocenters. The lowest BCUT2D eigenvalue weighted by molar-refractivity contribution is 0.0594. The molecule has 0 fully saturated rings. The minimum Gasteiger partial charge on any atom is -0.464 e. The molecule has 2 aromatic heterocycles. The van der Waals surface area contributed by atoms with Crippen LogP contribution in [0.4, 0.5) is 0 Å². The lowest BCUT2D eigenvalue weighted by Crippen LogP contribution is -2.03. The van der Waals surface area contributed by atoms with Gasteiger partial charge in [-0.25, -0.2) is 19.7 Å². The number of pyridine rings is 1. The Morgan fingerprint density at radius 2 is 2.21 bits per heavy atom. The Hall–Kier alpha value is -2.04. The van der Waals surface area contributed by atoms with E-state index in [4.69, 9.17) is 0 Å². The van der Waals surface area contributed by atoms with Gasteiger partial charge < -0.3 is 4.74 Å². The second-order valence-electron chi connectivity index (χ2n) is 2.64. The number of ether oxygens (including phenoxy) is 1. The molecule has 2 rings (SSSR count). The second kappa shape index (κ2) is 3.37. The van der Waals surface area contributed by atoms with Gasteiger partial charge in [0, 0.05) is 11.6 Å². The van der Waals surface area contributed by atoms with Crippen molar-refractivity contribution >= 4 is 16.9 Å². The monoisotopic (exact) mass is 189 g/mol. The van der Waals surface area contributed by atoms with Crippen molar-refractivity contribution in [3.63, 3.8) is 0 Å². The summed E-state index contributed by atoms with van der Waals surface area (Å²) in [6, 6.07) is 1.60. The van der Waals surface area contributed by atoms with E-state index in [0.29, 0.717) is 5.52 Å². The predicted molar refractivity (Wildman–Crippen MR) is 48.7 cm³/mol. The van der Waals surface area contributed by atoms with E-state index in [1.165, 1.54) is 19.6 Å². The molecule has 0 saturated carbocycles. The van der Waals surface area contributed by atoms with Gasteiger partial charge in [-0.2, -0.15) is 0 Å². The number of hydrogen-bond acceptors (Lipinski definition) is 5. The fraction of sp³-hybridized carbons (Fsp3) is 0.111. The number of methoxy groups -OCH3 is 1. The van der Waals surface area contributed by atoms with Crippen molar-refractivity contribution in [1.82, 2.24) is 15.0 Å². The van der Waals surface area contributed by atoms with Crippen LogP contribution in [-0.2, 0) is 4.74 Å². The SMILES string of the molecule is COC(=O)c1cc2cncnc2cn1. The van der Waals surface area contributed by atoms with Crippen LogP contribution >= 0.6 is 0 Å². The lowest BCUT2D eigenvalue weighted by Gasteiger charge is -1.99. The molecule has 0 N–H and O–H groups in total. The topological polar surface area (TPSA) is 65.0 Å². The van der Waals surface area contributed by atoms with Gasteiger partial charge in [0.25, 0.3) is 0 Å². The first-order valence-electron chi connectivity index (χ1n) is 3.95. The highest BCUT2D eigenvalue weighted by Gasteiger charge is 2.07. The van der Waals surface area contributed by atoms with Gasteiger partial charge in [-0.3, -0.25) is 0 Å². The Balaban J connectivity index is 2.56. The molecule has 70 valence electrons. The first-order chi connectivity index (χ1) is 6.81. The summed E-state index contributed by atoms with van der Waals surface area (Å²) < 4.78 is 4.54. The minimum atomic E-state index is -0.462. The lowest BCUT2D eigenvalue weighted by atomic mass is 10.2. The van der Waals surface area contributed by atoms with Crippen LogP contribution in [0.3, 0.4) is 0 Å². The Labute approximate surface area is 79.8 Å². The van der Waals surface area contributed by atoms with Crippen molar-refractivity contribution < 1.29 is 9.53 Å². The maximum absolute atomic E-state index is 11.1. The molecule has 0 aliphatic carbocycles. The van der Waals surface area contributed by atoms with E-state index in [1.54, 1.807) is 12.3 Å². The van der Waals surface area contributed by atoms with Crippen molar-refractivity contribution in [1.29, 1.82) is 0 Å². The fourth-order valence-electron chi connectivity index (χ4n) is 1.10. The van der Waals surface area contributed by atoms with E-state index in [-0.39, 0.29) is 5.69 Å². The summed E-state index contributed by atoms with van der Waals surface area (Å²) in [4.78, 5) is 22.9. The standard InChI is InChI=1S/C9H7N3O2/c1-14-9(13)7-2-6-3-10-5-12-8(6)4-11-7/h2-5H,1H3. The highest BCUT2D eigenvalue weighted by Crippen LogP contribution is 2.09. The number of nitrogens with zero attached hydrogens (tertiary/aromatic N) is 3. The zero-order chi connectivity index (χ0) is 9.97. The molecule has 2 heterocycles. The Morgan fingerprint density at radius 1 is 1.36 bits per heavy atom. The Morgan fingerprint density at radius 3 is 3.00 bits per heavy atom. The van der Waals surface area contributed by atoms with Crippen molar-refractivity contribution in [2.45, 2.75) is 0 Å². The third kappa shape index (κ3) is 1.39. The third-order valence-corrected chi connectivity index (χ3v) is 1.79. The molecule has 2 aromatic rings. The number of hydrogen-bond donors (Lipinski definition) is 0. The fourth-order valence-corrected chi connectivity index (χ4v) is 1.10. The van der Waals surface area contributed by atoms with Gasteiger partial charge in [0.15, 0.2) is 0 Å². The number of fused-ring (bicyclic) bond motifs is 1. The van der Waals surface area contributed by atoms with E-state index >= 15 is 0 Å². The van der Waals surface area contributed by atoms with Crippen molar-refractivity contribution in [2.75, 3.05) is 7.11 Å². The number of rotatable bonds is 1. The smallest absolute Gasteiger partial charge is 0.356 e. The van der Waals surface area contributed by atoms with Crippen LogP contribution in [-0.4, -0.2) is 28.0 Å².